The molecule has 1 saturated carbocycles. The third kappa shape index (κ3) is 5.88. The highest BCUT2D eigenvalue weighted by atomic mass is 16.5. The lowest BCUT2D eigenvalue weighted by Crippen LogP contribution is -2.37. The van der Waals surface area contributed by atoms with E-state index in [0.717, 1.165) is 36.1 Å². The fraction of sp³-hybridized carbons (Fsp3) is 0.462. The molecular weight excluding hydrogens is 404 g/mol. The molecule has 6 nitrogen and oxygen atoms in total. The average Bonchev–Trinajstić information content (AvgIpc) is 3.28. The Morgan fingerprint density at radius 1 is 1.06 bits per heavy atom. The number of carbonyl (C=O) groups is 2. The summed E-state index contributed by atoms with van der Waals surface area (Å²) in [4.78, 5) is 26.8. The van der Waals surface area contributed by atoms with Gasteiger partial charge in [-0.1, -0.05) is 18.9 Å². The van der Waals surface area contributed by atoms with Gasteiger partial charge in [0.1, 0.15) is 11.5 Å². The SMILES string of the molecule is COCCCNC(=O)c1cc(Oc2ccc(N(C(C)=O)C3CCCC3)cc2C)ccc1C. The van der Waals surface area contributed by atoms with Crippen LogP contribution in [0.5, 0.6) is 11.5 Å². The Morgan fingerprint density at radius 3 is 2.47 bits per heavy atom. The second kappa shape index (κ2) is 11.1. The van der Waals surface area contributed by atoms with E-state index in [0.29, 0.717) is 30.2 Å². The van der Waals surface area contributed by atoms with Crippen LogP contribution in [0.1, 0.15) is 60.5 Å². The van der Waals surface area contributed by atoms with Crippen molar-refractivity contribution >= 4 is 17.5 Å². The highest BCUT2D eigenvalue weighted by Gasteiger charge is 2.26. The molecule has 2 amide bonds. The van der Waals surface area contributed by atoms with Gasteiger partial charge in [-0.25, -0.2) is 0 Å². The Bertz CT molecular complexity index is 951. The van der Waals surface area contributed by atoms with E-state index in [9.17, 15) is 9.59 Å². The fourth-order valence-corrected chi connectivity index (χ4v) is 4.26. The van der Waals surface area contributed by atoms with E-state index in [1.807, 2.05) is 49.1 Å². The lowest BCUT2D eigenvalue weighted by molar-refractivity contribution is -0.117. The zero-order valence-electron chi connectivity index (χ0n) is 19.6. The highest BCUT2D eigenvalue weighted by Crippen LogP contribution is 2.33. The summed E-state index contributed by atoms with van der Waals surface area (Å²) in [6.45, 7) is 6.69. The first kappa shape index (κ1) is 23.8. The largest absolute Gasteiger partial charge is 0.457 e. The van der Waals surface area contributed by atoms with Gasteiger partial charge in [-0.15, -0.1) is 0 Å². The summed E-state index contributed by atoms with van der Waals surface area (Å²) in [6.07, 6.45) is 5.21. The van der Waals surface area contributed by atoms with E-state index in [1.165, 1.54) is 12.8 Å². The Kier molecular flexibility index (Phi) is 8.28. The third-order valence-electron chi connectivity index (χ3n) is 5.96. The van der Waals surface area contributed by atoms with Crippen LogP contribution < -0.4 is 15.0 Å². The van der Waals surface area contributed by atoms with Gasteiger partial charge in [0.15, 0.2) is 0 Å². The molecule has 2 aromatic rings. The number of anilines is 1. The quantitative estimate of drug-likeness (QED) is 0.549. The van der Waals surface area contributed by atoms with Gasteiger partial charge >= 0.3 is 0 Å². The molecule has 1 aliphatic rings. The predicted octanol–water partition coefficient (Wildman–Crippen LogP) is 5.16. The van der Waals surface area contributed by atoms with Gasteiger partial charge in [-0.2, -0.15) is 0 Å². The summed E-state index contributed by atoms with van der Waals surface area (Å²) in [5.41, 5.74) is 3.34. The molecule has 0 saturated heterocycles. The van der Waals surface area contributed by atoms with Gasteiger partial charge in [0.05, 0.1) is 0 Å². The average molecular weight is 439 g/mol. The predicted molar refractivity (Wildman–Crippen MR) is 127 cm³/mol. The maximum Gasteiger partial charge on any atom is 0.251 e. The maximum atomic E-state index is 12.6. The molecule has 1 N–H and O–H groups in total. The normalized spacial score (nSPS) is 13.8. The number of hydrogen-bond acceptors (Lipinski definition) is 4. The van der Waals surface area contributed by atoms with Gasteiger partial charge in [0, 0.05) is 44.5 Å². The van der Waals surface area contributed by atoms with Crippen LogP contribution in [-0.2, 0) is 9.53 Å². The van der Waals surface area contributed by atoms with E-state index in [-0.39, 0.29) is 17.9 Å². The van der Waals surface area contributed by atoms with Crippen LogP contribution in [-0.4, -0.2) is 38.1 Å². The summed E-state index contributed by atoms with van der Waals surface area (Å²) in [6, 6.07) is 11.7. The summed E-state index contributed by atoms with van der Waals surface area (Å²) < 4.78 is 11.1. The second-order valence-corrected chi connectivity index (χ2v) is 8.46. The third-order valence-corrected chi connectivity index (χ3v) is 5.96. The minimum atomic E-state index is -0.121. The van der Waals surface area contributed by atoms with E-state index in [4.69, 9.17) is 9.47 Å². The number of methoxy groups -OCH3 is 1. The molecule has 0 aliphatic heterocycles. The minimum absolute atomic E-state index is 0.0738. The van der Waals surface area contributed by atoms with Crippen LogP contribution in [0.3, 0.4) is 0 Å². The molecule has 0 atom stereocenters. The van der Waals surface area contributed by atoms with Crippen molar-refractivity contribution < 1.29 is 19.1 Å². The van der Waals surface area contributed by atoms with Crippen molar-refractivity contribution in [3.05, 3.63) is 53.1 Å². The van der Waals surface area contributed by atoms with Crippen LogP contribution in [0.15, 0.2) is 36.4 Å². The monoisotopic (exact) mass is 438 g/mol. The fourth-order valence-electron chi connectivity index (χ4n) is 4.26. The molecule has 6 heteroatoms. The van der Waals surface area contributed by atoms with Crippen molar-refractivity contribution in [2.45, 2.75) is 58.9 Å². The van der Waals surface area contributed by atoms with Crippen LogP contribution in [0.2, 0.25) is 0 Å². The van der Waals surface area contributed by atoms with Crippen LogP contribution in [0.4, 0.5) is 5.69 Å². The number of carbonyl (C=O) groups excluding carboxylic acids is 2. The molecule has 2 aromatic carbocycles. The number of aryl methyl sites for hydroxylation is 2. The number of hydrogen-bond donors (Lipinski definition) is 1. The lowest BCUT2D eigenvalue weighted by Gasteiger charge is -2.28. The first-order chi connectivity index (χ1) is 15.4. The molecule has 0 bridgehead atoms. The Hall–Kier alpha value is -2.86. The van der Waals surface area contributed by atoms with Crippen LogP contribution in [0, 0.1) is 13.8 Å². The highest BCUT2D eigenvalue weighted by molar-refractivity contribution is 5.96. The van der Waals surface area contributed by atoms with Crippen molar-refractivity contribution in [3.63, 3.8) is 0 Å². The summed E-state index contributed by atoms with van der Waals surface area (Å²) in [5.74, 6) is 1.26. The van der Waals surface area contributed by atoms with Gasteiger partial charge in [-0.3, -0.25) is 9.59 Å². The Labute approximate surface area is 190 Å². The van der Waals surface area contributed by atoms with Crippen molar-refractivity contribution in [1.29, 1.82) is 0 Å². The van der Waals surface area contributed by atoms with E-state index in [1.54, 1.807) is 20.1 Å². The van der Waals surface area contributed by atoms with E-state index in [2.05, 4.69) is 5.32 Å². The molecule has 0 unspecified atom stereocenters. The number of rotatable bonds is 9. The number of nitrogens with zero attached hydrogens (tertiary/aromatic N) is 1. The van der Waals surface area contributed by atoms with Gasteiger partial charge < -0.3 is 19.7 Å². The Balaban J connectivity index is 1.74. The van der Waals surface area contributed by atoms with Crippen LogP contribution >= 0.6 is 0 Å². The summed E-state index contributed by atoms with van der Waals surface area (Å²) in [5, 5.41) is 2.92. The molecule has 0 radical (unpaired) electrons. The second-order valence-electron chi connectivity index (χ2n) is 8.46. The number of ether oxygens (including phenoxy) is 2. The summed E-state index contributed by atoms with van der Waals surface area (Å²) in [7, 11) is 1.65. The molecular formula is C26H34N2O4. The van der Waals surface area contributed by atoms with Crippen molar-refractivity contribution in [1.82, 2.24) is 5.32 Å². The minimum Gasteiger partial charge on any atom is -0.457 e. The first-order valence-corrected chi connectivity index (χ1v) is 11.4. The number of benzene rings is 2. The van der Waals surface area contributed by atoms with Gasteiger partial charge in [0.25, 0.3) is 5.91 Å². The molecule has 32 heavy (non-hydrogen) atoms. The number of amides is 2. The molecule has 3 rings (SSSR count). The Morgan fingerprint density at radius 2 is 1.81 bits per heavy atom. The zero-order valence-corrected chi connectivity index (χ0v) is 19.6. The molecule has 172 valence electrons. The van der Waals surface area contributed by atoms with Crippen molar-refractivity contribution in [2.24, 2.45) is 0 Å². The smallest absolute Gasteiger partial charge is 0.251 e. The van der Waals surface area contributed by atoms with Crippen LogP contribution in [0.25, 0.3) is 0 Å². The topological polar surface area (TPSA) is 67.9 Å². The van der Waals surface area contributed by atoms with Crippen molar-refractivity contribution in [3.8, 4) is 11.5 Å². The molecule has 0 heterocycles. The maximum absolute atomic E-state index is 12.6. The van der Waals surface area contributed by atoms with E-state index >= 15 is 0 Å². The summed E-state index contributed by atoms with van der Waals surface area (Å²) >= 11 is 0. The lowest BCUT2D eigenvalue weighted by atomic mass is 10.1. The zero-order chi connectivity index (χ0) is 23.1. The standard InChI is InChI=1S/C26H34N2O4/c1-18-10-12-23(17-24(18)26(30)27-14-7-15-31-4)32-25-13-11-22(16-19(25)2)28(20(3)29)21-8-5-6-9-21/h10-13,16-17,21H,5-9,14-15H2,1-4H3,(H,27,30). The van der Waals surface area contributed by atoms with Gasteiger partial charge in [0.2, 0.25) is 5.91 Å². The molecule has 1 aliphatic carbocycles. The van der Waals surface area contributed by atoms with Crippen molar-refractivity contribution in [2.75, 3.05) is 25.2 Å². The first-order valence-electron chi connectivity index (χ1n) is 11.4. The molecule has 1 fully saturated rings. The molecule has 0 aromatic heterocycles. The number of nitrogens with one attached hydrogen (secondary N) is 1. The van der Waals surface area contributed by atoms with Gasteiger partial charge in [-0.05, 0) is 74.6 Å². The van der Waals surface area contributed by atoms with E-state index < -0.39 is 0 Å². The molecule has 0 spiro atoms.